The molecule has 0 saturated heterocycles. The molecule has 0 aliphatic heterocycles. The Kier molecular flexibility index (Phi) is 5.06. The Morgan fingerprint density at radius 2 is 1.82 bits per heavy atom. The number of aryl methyl sites for hydroxylation is 1. The summed E-state index contributed by atoms with van der Waals surface area (Å²) in [5.41, 5.74) is 2.20. The van der Waals surface area contributed by atoms with Gasteiger partial charge in [-0.3, -0.25) is 9.78 Å². The Hall–Kier alpha value is -3.03. The summed E-state index contributed by atoms with van der Waals surface area (Å²) >= 11 is 0. The molecule has 8 nitrogen and oxygen atoms in total. The van der Waals surface area contributed by atoms with E-state index >= 15 is 0 Å². The molecule has 0 unspecified atom stereocenters. The zero-order valence-electron chi connectivity index (χ0n) is 17.5. The highest BCUT2D eigenvalue weighted by Crippen LogP contribution is 2.31. The Bertz CT molecular complexity index is 1060. The van der Waals surface area contributed by atoms with Crippen LogP contribution in [0.4, 0.5) is 5.95 Å². The number of hydrogen-bond donors (Lipinski definition) is 1. The number of methoxy groups -OCH3 is 2. The summed E-state index contributed by atoms with van der Waals surface area (Å²) in [6.45, 7) is 8.64. The van der Waals surface area contributed by atoms with Crippen molar-refractivity contribution in [1.82, 2.24) is 19.7 Å². The second kappa shape index (κ2) is 7.18. The van der Waals surface area contributed by atoms with Gasteiger partial charge in [0.25, 0.3) is 5.56 Å². The zero-order chi connectivity index (χ0) is 20.6. The maximum absolute atomic E-state index is 12.5. The van der Waals surface area contributed by atoms with Crippen molar-refractivity contribution in [2.75, 3.05) is 26.2 Å². The summed E-state index contributed by atoms with van der Waals surface area (Å²) in [4.78, 5) is 22.0. The number of rotatable bonds is 5. The number of hydrogen-bond acceptors (Lipinski definition) is 6. The first-order valence-electron chi connectivity index (χ1n) is 9.07. The highest BCUT2D eigenvalue weighted by atomic mass is 16.5. The van der Waals surface area contributed by atoms with Gasteiger partial charge in [0.2, 0.25) is 5.95 Å². The van der Waals surface area contributed by atoms with Crippen molar-refractivity contribution in [3.63, 3.8) is 0 Å². The van der Waals surface area contributed by atoms with Gasteiger partial charge in [0.1, 0.15) is 5.39 Å². The Morgan fingerprint density at radius 3 is 2.43 bits per heavy atom. The van der Waals surface area contributed by atoms with Crippen molar-refractivity contribution < 1.29 is 9.47 Å². The number of fused-ring (bicyclic) bond motifs is 1. The van der Waals surface area contributed by atoms with Gasteiger partial charge >= 0.3 is 0 Å². The third-order valence-electron chi connectivity index (χ3n) is 4.67. The summed E-state index contributed by atoms with van der Waals surface area (Å²) in [5, 5.41) is 4.83. The van der Waals surface area contributed by atoms with E-state index in [1.165, 1.54) is 0 Å². The highest BCUT2D eigenvalue weighted by Gasteiger charge is 2.21. The molecule has 0 aliphatic carbocycles. The quantitative estimate of drug-likeness (QED) is 0.727. The predicted octanol–water partition coefficient (Wildman–Crippen LogP) is 2.84. The lowest BCUT2D eigenvalue weighted by Gasteiger charge is -2.22. The van der Waals surface area contributed by atoms with Crippen molar-refractivity contribution in [3.8, 4) is 11.5 Å². The summed E-state index contributed by atoms with van der Waals surface area (Å²) in [5.74, 6) is 1.84. The van der Waals surface area contributed by atoms with Gasteiger partial charge in [-0.1, -0.05) is 0 Å². The first-order chi connectivity index (χ1) is 13.2. The fourth-order valence-corrected chi connectivity index (χ4v) is 3.10. The lowest BCUT2D eigenvalue weighted by atomic mass is 10.1. The molecule has 0 bridgehead atoms. The zero-order valence-corrected chi connectivity index (χ0v) is 17.5. The van der Waals surface area contributed by atoms with Gasteiger partial charge in [-0.2, -0.15) is 10.1 Å². The van der Waals surface area contributed by atoms with Crippen molar-refractivity contribution in [3.05, 3.63) is 39.8 Å². The fourth-order valence-electron chi connectivity index (χ4n) is 3.10. The molecule has 3 aromatic rings. The lowest BCUT2D eigenvalue weighted by Crippen LogP contribution is -2.26. The van der Waals surface area contributed by atoms with E-state index in [9.17, 15) is 4.79 Å². The van der Waals surface area contributed by atoms with E-state index in [4.69, 9.17) is 9.47 Å². The third-order valence-corrected chi connectivity index (χ3v) is 4.67. The first-order valence-corrected chi connectivity index (χ1v) is 9.07. The molecule has 0 atom stereocenters. The van der Waals surface area contributed by atoms with E-state index in [1.807, 2.05) is 51.8 Å². The molecule has 1 aromatic carbocycles. The van der Waals surface area contributed by atoms with Crippen molar-refractivity contribution >= 4 is 17.0 Å². The van der Waals surface area contributed by atoms with E-state index < -0.39 is 0 Å². The van der Waals surface area contributed by atoms with Crippen LogP contribution in [0, 0.1) is 6.92 Å². The van der Waals surface area contributed by atoms with Crippen LogP contribution >= 0.6 is 0 Å². The number of anilines is 1. The SMILES string of the molecule is COc1cc(C)c(CN(C)c2nc3c(cnn3C(C)(C)C)c(=O)[nH]2)cc1OC. The minimum Gasteiger partial charge on any atom is -0.493 e. The molecule has 3 rings (SSSR count). The molecule has 28 heavy (non-hydrogen) atoms. The van der Waals surface area contributed by atoms with Crippen molar-refractivity contribution in [1.29, 1.82) is 0 Å². The molecule has 0 saturated carbocycles. The molecule has 0 spiro atoms. The van der Waals surface area contributed by atoms with Crippen LogP contribution in [-0.2, 0) is 12.1 Å². The topological polar surface area (TPSA) is 85.3 Å². The van der Waals surface area contributed by atoms with Gasteiger partial charge in [-0.05, 0) is 51.0 Å². The normalized spacial score (nSPS) is 11.7. The van der Waals surface area contributed by atoms with Crippen LogP contribution < -0.4 is 19.9 Å². The van der Waals surface area contributed by atoms with Crippen LogP contribution in [0.25, 0.3) is 11.0 Å². The standard InChI is InChI=1S/C20H27N5O3/c1-12-8-15(27-6)16(28-7)9-13(12)11-24(5)19-22-17-14(18(26)23-19)10-21-25(17)20(2,3)4/h8-10H,11H2,1-7H3,(H,22,23,26). The van der Waals surface area contributed by atoms with E-state index in [-0.39, 0.29) is 11.1 Å². The van der Waals surface area contributed by atoms with Crippen LogP contribution in [0.5, 0.6) is 11.5 Å². The number of benzene rings is 1. The molecular formula is C20H27N5O3. The fraction of sp³-hybridized carbons (Fsp3) is 0.450. The number of H-pyrrole nitrogens is 1. The Balaban J connectivity index is 2.00. The summed E-state index contributed by atoms with van der Waals surface area (Å²) in [6, 6.07) is 3.89. The van der Waals surface area contributed by atoms with Gasteiger partial charge in [0, 0.05) is 13.6 Å². The Labute approximate surface area is 164 Å². The smallest absolute Gasteiger partial charge is 0.263 e. The molecule has 2 aromatic heterocycles. The molecule has 1 N–H and O–H groups in total. The molecular weight excluding hydrogens is 358 g/mol. The molecule has 0 aliphatic rings. The molecule has 2 heterocycles. The average Bonchev–Trinajstić information content (AvgIpc) is 3.07. The van der Waals surface area contributed by atoms with E-state index in [0.29, 0.717) is 35.0 Å². The lowest BCUT2D eigenvalue weighted by molar-refractivity contribution is 0.354. The predicted molar refractivity (Wildman–Crippen MR) is 110 cm³/mol. The van der Waals surface area contributed by atoms with Crippen LogP contribution in [0.3, 0.4) is 0 Å². The largest absolute Gasteiger partial charge is 0.493 e. The molecule has 0 amide bonds. The second-order valence-electron chi connectivity index (χ2n) is 7.84. The van der Waals surface area contributed by atoms with Crippen LogP contribution in [0.2, 0.25) is 0 Å². The maximum atomic E-state index is 12.5. The van der Waals surface area contributed by atoms with E-state index in [2.05, 4.69) is 15.1 Å². The van der Waals surface area contributed by atoms with E-state index in [1.54, 1.807) is 25.1 Å². The minimum absolute atomic E-state index is 0.202. The number of aromatic nitrogens is 4. The van der Waals surface area contributed by atoms with Gasteiger partial charge < -0.3 is 14.4 Å². The minimum atomic E-state index is -0.279. The van der Waals surface area contributed by atoms with Crippen LogP contribution in [-0.4, -0.2) is 41.0 Å². The number of nitrogens with zero attached hydrogens (tertiary/aromatic N) is 4. The van der Waals surface area contributed by atoms with Gasteiger partial charge in [-0.15, -0.1) is 0 Å². The van der Waals surface area contributed by atoms with Crippen molar-refractivity contribution in [2.45, 2.75) is 39.8 Å². The summed E-state index contributed by atoms with van der Waals surface area (Å²) in [6.07, 6.45) is 1.56. The monoisotopic (exact) mass is 385 g/mol. The first kappa shape index (κ1) is 19.7. The molecule has 150 valence electrons. The summed E-state index contributed by atoms with van der Waals surface area (Å²) < 4.78 is 12.5. The Morgan fingerprint density at radius 1 is 1.18 bits per heavy atom. The number of nitrogens with one attached hydrogen (secondary N) is 1. The van der Waals surface area contributed by atoms with Crippen LogP contribution in [0.1, 0.15) is 31.9 Å². The maximum Gasteiger partial charge on any atom is 0.263 e. The van der Waals surface area contributed by atoms with Crippen LogP contribution in [0.15, 0.2) is 23.1 Å². The van der Waals surface area contributed by atoms with E-state index in [0.717, 1.165) is 11.1 Å². The van der Waals surface area contributed by atoms with Gasteiger partial charge in [0.15, 0.2) is 17.1 Å². The third kappa shape index (κ3) is 3.54. The second-order valence-corrected chi connectivity index (χ2v) is 7.84. The number of aromatic amines is 1. The van der Waals surface area contributed by atoms with Gasteiger partial charge in [-0.25, -0.2) is 4.68 Å². The summed E-state index contributed by atoms with van der Waals surface area (Å²) in [7, 11) is 5.12. The molecule has 0 fully saturated rings. The van der Waals surface area contributed by atoms with Gasteiger partial charge in [0.05, 0.1) is 26.0 Å². The van der Waals surface area contributed by atoms with Crippen molar-refractivity contribution in [2.24, 2.45) is 0 Å². The molecule has 0 radical (unpaired) electrons. The average molecular weight is 385 g/mol. The number of ether oxygens (including phenoxy) is 2. The highest BCUT2D eigenvalue weighted by molar-refractivity contribution is 5.74. The molecule has 8 heteroatoms.